The van der Waals surface area contributed by atoms with Gasteiger partial charge < -0.3 is 15.0 Å². The Bertz CT molecular complexity index is 735. The monoisotopic (exact) mass is 369 g/mol. The molecule has 0 aliphatic carbocycles. The summed E-state index contributed by atoms with van der Waals surface area (Å²) in [6, 6.07) is 6.94. The van der Waals surface area contributed by atoms with Crippen molar-refractivity contribution >= 4 is 27.7 Å². The van der Waals surface area contributed by atoms with E-state index in [4.69, 9.17) is 4.74 Å². The first kappa shape index (κ1) is 19.0. The SMILES string of the molecule is Cc1cccc(N(CC(=O)NCCN2CCCOC2=O)S(C)(=O)=O)c1. The third kappa shape index (κ3) is 5.63. The molecule has 1 aromatic rings. The lowest BCUT2D eigenvalue weighted by atomic mass is 10.2. The molecule has 138 valence electrons. The lowest BCUT2D eigenvalue weighted by molar-refractivity contribution is -0.119. The van der Waals surface area contributed by atoms with Gasteiger partial charge in [0.25, 0.3) is 0 Å². The second-order valence-corrected chi connectivity index (χ2v) is 7.82. The molecule has 0 radical (unpaired) electrons. The number of nitrogens with one attached hydrogen (secondary N) is 1. The zero-order chi connectivity index (χ0) is 18.4. The number of hydrogen-bond donors (Lipinski definition) is 1. The number of ether oxygens (including phenoxy) is 1. The first-order valence-electron chi connectivity index (χ1n) is 8.00. The number of nitrogens with zero attached hydrogens (tertiary/aromatic N) is 2. The Balaban J connectivity index is 1.92. The zero-order valence-electron chi connectivity index (χ0n) is 14.4. The number of benzene rings is 1. The maximum absolute atomic E-state index is 12.1. The van der Waals surface area contributed by atoms with Crippen LogP contribution < -0.4 is 9.62 Å². The van der Waals surface area contributed by atoms with Crippen molar-refractivity contribution in [2.75, 3.05) is 43.3 Å². The molecule has 0 spiro atoms. The summed E-state index contributed by atoms with van der Waals surface area (Å²) in [4.78, 5) is 25.1. The van der Waals surface area contributed by atoms with E-state index >= 15 is 0 Å². The Morgan fingerprint density at radius 2 is 2.16 bits per heavy atom. The van der Waals surface area contributed by atoms with Crippen molar-refractivity contribution < 1.29 is 22.7 Å². The number of sulfonamides is 1. The largest absolute Gasteiger partial charge is 0.449 e. The first-order chi connectivity index (χ1) is 11.8. The van der Waals surface area contributed by atoms with E-state index in [-0.39, 0.29) is 13.1 Å². The van der Waals surface area contributed by atoms with E-state index in [2.05, 4.69) is 5.32 Å². The molecule has 25 heavy (non-hydrogen) atoms. The molecule has 0 atom stereocenters. The summed E-state index contributed by atoms with van der Waals surface area (Å²) < 4.78 is 30.0. The van der Waals surface area contributed by atoms with Gasteiger partial charge in [-0.25, -0.2) is 13.2 Å². The summed E-state index contributed by atoms with van der Waals surface area (Å²) in [5.74, 6) is -0.433. The number of amides is 2. The molecular formula is C16H23N3O5S. The fourth-order valence-electron chi connectivity index (χ4n) is 2.50. The fourth-order valence-corrected chi connectivity index (χ4v) is 3.35. The number of cyclic esters (lactones) is 1. The molecule has 2 amide bonds. The predicted molar refractivity (Wildman–Crippen MR) is 93.9 cm³/mol. The molecule has 0 aromatic heterocycles. The number of carbonyl (C=O) groups is 2. The van der Waals surface area contributed by atoms with Gasteiger partial charge in [-0.05, 0) is 31.0 Å². The van der Waals surface area contributed by atoms with Crippen molar-refractivity contribution in [3.05, 3.63) is 29.8 Å². The van der Waals surface area contributed by atoms with Crippen LogP contribution in [0, 0.1) is 6.92 Å². The molecule has 8 nitrogen and oxygen atoms in total. The Morgan fingerprint density at radius 1 is 1.40 bits per heavy atom. The fraction of sp³-hybridized carbons (Fsp3) is 0.500. The van der Waals surface area contributed by atoms with Gasteiger partial charge in [0.1, 0.15) is 6.54 Å². The number of aryl methyl sites for hydroxylation is 1. The van der Waals surface area contributed by atoms with Crippen molar-refractivity contribution in [3.8, 4) is 0 Å². The van der Waals surface area contributed by atoms with Gasteiger partial charge in [-0.1, -0.05) is 12.1 Å². The molecule has 9 heteroatoms. The predicted octanol–water partition coefficient (Wildman–Crippen LogP) is 0.720. The van der Waals surface area contributed by atoms with E-state index in [0.29, 0.717) is 25.4 Å². The summed E-state index contributed by atoms with van der Waals surface area (Å²) >= 11 is 0. The van der Waals surface area contributed by atoms with E-state index in [0.717, 1.165) is 22.5 Å². The maximum atomic E-state index is 12.1. The minimum absolute atomic E-state index is 0.235. The Morgan fingerprint density at radius 3 is 2.80 bits per heavy atom. The molecule has 1 heterocycles. The van der Waals surface area contributed by atoms with Crippen LogP contribution in [0.15, 0.2) is 24.3 Å². The first-order valence-corrected chi connectivity index (χ1v) is 9.85. The van der Waals surface area contributed by atoms with Crippen molar-refractivity contribution in [1.29, 1.82) is 0 Å². The molecule has 1 saturated heterocycles. The smallest absolute Gasteiger partial charge is 0.409 e. The normalized spacial score (nSPS) is 14.8. The quantitative estimate of drug-likeness (QED) is 0.764. The number of hydrogen-bond acceptors (Lipinski definition) is 5. The number of rotatable bonds is 7. The lowest BCUT2D eigenvalue weighted by Crippen LogP contribution is -2.45. The Kier molecular flexibility index (Phi) is 6.24. The summed E-state index contributed by atoms with van der Waals surface area (Å²) in [7, 11) is -3.60. The van der Waals surface area contributed by atoms with Gasteiger partial charge in [-0.2, -0.15) is 0 Å². The highest BCUT2D eigenvalue weighted by molar-refractivity contribution is 7.92. The van der Waals surface area contributed by atoms with E-state index in [1.165, 1.54) is 4.90 Å². The zero-order valence-corrected chi connectivity index (χ0v) is 15.2. The van der Waals surface area contributed by atoms with E-state index in [9.17, 15) is 18.0 Å². The van der Waals surface area contributed by atoms with Gasteiger partial charge >= 0.3 is 6.09 Å². The molecule has 1 fully saturated rings. The molecular weight excluding hydrogens is 346 g/mol. The highest BCUT2D eigenvalue weighted by atomic mass is 32.2. The van der Waals surface area contributed by atoms with Crippen LogP contribution in [0.4, 0.5) is 10.5 Å². The molecule has 1 N–H and O–H groups in total. The van der Waals surface area contributed by atoms with Crippen LogP contribution in [-0.4, -0.2) is 64.4 Å². The van der Waals surface area contributed by atoms with Crippen molar-refractivity contribution in [1.82, 2.24) is 10.2 Å². The molecule has 1 aromatic carbocycles. The van der Waals surface area contributed by atoms with E-state index in [1.807, 2.05) is 13.0 Å². The van der Waals surface area contributed by atoms with Gasteiger partial charge in [-0.15, -0.1) is 0 Å². The third-order valence-electron chi connectivity index (χ3n) is 3.74. The van der Waals surface area contributed by atoms with Crippen LogP contribution in [0.25, 0.3) is 0 Å². The minimum atomic E-state index is -3.60. The summed E-state index contributed by atoms with van der Waals surface area (Å²) in [5.41, 5.74) is 1.34. The average molecular weight is 369 g/mol. The van der Waals surface area contributed by atoms with E-state index < -0.39 is 22.0 Å². The van der Waals surface area contributed by atoms with Crippen LogP contribution in [0.3, 0.4) is 0 Å². The standard InChI is InChI=1S/C16H23N3O5S/c1-13-5-3-6-14(11-13)19(25(2,22)23)12-15(20)17-7-9-18-8-4-10-24-16(18)21/h3,5-6,11H,4,7-10,12H2,1-2H3,(H,17,20). The van der Waals surface area contributed by atoms with Crippen LogP contribution in [0.5, 0.6) is 0 Å². The van der Waals surface area contributed by atoms with Crippen LogP contribution >= 0.6 is 0 Å². The Labute approximate surface area is 147 Å². The van der Waals surface area contributed by atoms with Crippen molar-refractivity contribution in [2.45, 2.75) is 13.3 Å². The summed E-state index contributed by atoms with van der Waals surface area (Å²) in [6.07, 6.45) is 1.43. The van der Waals surface area contributed by atoms with Crippen LogP contribution in [0.2, 0.25) is 0 Å². The van der Waals surface area contributed by atoms with Gasteiger partial charge in [0.15, 0.2) is 0 Å². The average Bonchev–Trinajstić information content (AvgIpc) is 2.53. The molecule has 2 rings (SSSR count). The van der Waals surface area contributed by atoms with Gasteiger partial charge in [0.2, 0.25) is 15.9 Å². The van der Waals surface area contributed by atoms with Crippen LogP contribution in [-0.2, 0) is 19.6 Å². The van der Waals surface area contributed by atoms with Gasteiger partial charge in [-0.3, -0.25) is 9.10 Å². The Hall–Kier alpha value is -2.29. The third-order valence-corrected chi connectivity index (χ3v) is 4.88. The molecule has 1 aliphatic rings. The van der Waals surface area contributed by atoms with E-state index in [1.54, 1.807) is 18.2 Å². The van der Waals surface area contributed by atoms with Crippen molar-refractivity contribution in [2.24, 2.45) is 0 Å². The molecule has 0 bridgehead atoms. The molecule has 1 aliphatic heterocycles. The maximum Gasteiger partial charge on any atom is 0.409 e. The number of anilines is 1. The van der Waals surface area contributed by atoms with Gasteiger partial charge in [0, 0.05) is 19.6 Å². The topological polar surface area (TPSA) is 96.0 Å². The highest BCUT2D eigenvalue weighted by Crippen LogP contribution is 2.18. The minimum Gasteiger partial charge on any atom is -0.449 e. The molecule has 0 unspecified atom stereocenters. The summed E-state index contributed by atoms with van der Waals surface area (Å²) in [6.45, 7) is 3.11. The number of carbonyl (C=O) groups excluding carboxylic acids is 2. The molecule has 0 saturated carbocycles. The van der Waals surface area contributed by atoms with Crippen molar-refractivity contribution in [3.63, 3.8) is 0 Å². The highest BCUT2D eigenvalue weighted by Gasteiger charge is 2.22. The second-order valence-electron chi connectivity index (χ2n) is 5.91. The lowest BCUT2D eigenvalue weighted by Gasteiger charge is -2.26. The second kappa shape index (κ2) is 8.19. The van der Waals surface area contributed by atoms with Gasteiger partial charge in [0.05, 0.1) is 18.6 Å². The summed E-state index contributed by atoms with van der Waals surface area (Å²) in [5, 5.41) is 2.64. The van der Waals surface area contributed by atoms with Crippen LogP contribution in [0.1, 0.15) is 12.0 Å².